The van der Waals surface area contributed by atoms with E-state index in [2.05, 4.69) is 0 Å². The first kappa shape index (κ1) is 11.3. The summed E-state index contributed by atoms with van der Waals surface area (Å²) in [4.78, 5) is 11.7. The number of methoxy groups -OCH3 is 1. The maximum Gasteiger partial charge on any atom is 0.151 e. The van der Waals surface area contributed by atoms with E-state index >= 15 is 0 Å². The van der Waals surface area contributed by atoms with Gasteiger partial charge in [-0.05, 0) is 12.5 Å². The summed E-state index contributed by atoms with van der Waals surface area (Å²) in [6.45, 7) is 0.774. The minimum absolute atomic E-state index is 0.773. The predicted octanol–water partition coefficient (Wildman–Crippen LogP) is 2.63. The highest BCUT2D eigenvalue weighted by atomic mass is 32.2. The van der Waals surface area contributed by atoms with Gasteiger partial charge in [-0.3, -0.25) is 4.79 Å². The summed E-state index contributed by atoms with van der Waals surface area (Å²) in [5, 5.41) is 0. The van der Waals surface area contributed by atoms with Crippen molar-refractivity contribution in [1.29, 1.82) is 0 Å². The molecule has 14 heavy (non-hydrogen) atoms. The Labute approximate surface area is 88.7 Å². The van der Waals surface area contributed by atoms with Crippen molar-refractivity contribution in [2.45, 2.75) is 11.3 Å². The molecule has 0 aliphatic carbocycles. The topological polar surface area (TPSA) is 26.3 Å². The molecular formula is C11H14O2S. The van der Waals surface area contributed by atoms with E-state index in [1.54, 1.807) is 18.9 Å². The van der Waals surface area contributed by atoms with Crippen LogP contribution in [0.3, 0.4) is 0 Å². The molecule has 0 bridgehead atoms. The molecule has 0 aromatic heterocycles. The molecule has 0 unspecified atom stereocenters. The van der Waals surface area contributed by atoms with E-state index in [1.165, 1.54) is 0 Å². The van der Waals surface area contributed by atoms with E-state index in [1.807, 2.05) is 24.3 Å². The summed E-state index contributed by atoms with van der Waals surface area (Å²) in [6.07, 6.45) is 1.91. The van der Waals surface area contributed by atoms with Crippen LogP contribution in [-0.4, -0.2) is 25.8 Å². The van der Waals surface area contributed by atoms with Gasteiger partial charge in [0.1, 0.15) is 0 Å². The Morgan fingerprint density at radius 3 is 2.93 bits per heavy atom. The smallest absolute Gasteiger partial charge is 0.151 e. The standard InChI is InChI=1S/C11H14O2S/c1-13-7-4-8-14-11-6-3-2-5-10(11)9-12/h2-3,5-6,9H,4,7-8H2,1H3. The molecule has 0 spiro atoms. The minimum Gasteiger partial charge on any atom is -0.385 e. The van der Waals surface area contributed by atoms with Crippen molar-refractivity contribution >= 4 is 18.0 Å². The monoisotopic (exact) mass is 210 g/mol. The van der Waals surface area contributed by atoms with E-state index in [-0.39, 0.29) is 0 Å². The maximum absolute atomic E-state index is 10.7. The van der Waals surface area contributed by atoms with Crippen LogP contribution in [0.4, 0.5) is 0 Å². The normalized spacial score (nSPS) is 10.1. The summed E-state index contributed by atoms with van der Waals surface area (Å²) in [7, 11) is 1.70. The Balaban J connectivity index is 2.45. The lowest BCUT2D eigenvalue weighted by molar-refractivity contribution is 0.112. The average Bonchev–Trinajstić information content (AvgIpc) is 2.25. The van der Waals surface area contributed by atoms with Crippen LogP contribution in [0.2, 0.25) is 0 Å². The zero-order valence-corrected chi connectivity index (χ0v) is 9.05. The molecule has 0 aliphatic heterocycles. The highest BCUT2D eigenvalue weighted by Gasteiger charge is 1.99. The molecule has 2 nitrogen and oxygen atoms in total. The van der Waals surface area contributed by atoms with Crippen LogP contribution in [0.1, 0.15) is 16.8 Å². The van der Waals surface area contributed by atoms with Crippen LogP contribution >= 0.6 is 11.8 Å². The van der Waals surface area contributed by atoms with Gasteiger partial charge in [0.2, 0.25) is 0 Å². The van der Waals surface area contributed by atoms with Crippen molar-refractivity contribution in [3.63, 3.8) is 0 Å². The van der Waals surface area contributed by atoms with Gasteiger partial charge >= 0.3 is 0 Å². The zero-order valence-electron chi connectivity index (χ0n) is 8.23. The van der Waals surface area contributed by atoms with Crippen LogP contribution in [-0.2, 0) is 4.74 Å². The van der Waals surface area contributed by atoms with Crippen LogP contribution in [0.5, 0.6) is 0 Å². The zero-order chi connectivity index (χ0) is 10.2. The second kappa shape index (κ2) is 6.62. The first-order valence-corrected chi connectivity index (χ1v) is 5.53. The number of carbonyl (C=O) groups excluding carboxylic acids is 1. The van der Waals surface area contributed by atoms with Gasteiger partial charge in [0.15, 0.2) is 6.29 Å². The Morgan fingerprint density at radius 1 is 1.43 bits per heavy atom. The minimum atomic E-state index is 0.773. The van der Waals surface area contributed by atoms with Crippen LogP contribution in [0, 0.1) is 0 Å². The SMILES string of the molecule is COCCCSc1ccccc1C=O. The van der Waals surface area contributed by atoms with Crippen LogP contribution in [0.15, 0.2) is 29.2 Å². The molecular weight excluding hydrogens is 196 g/mol. The van der Waals surface area contributed by atoms with Crippen molar-refractivity contribution in [2.75, 3.05) is 19.5 Å². The third kappa shape index (κ3) is 3.52. The second-order valence-corrected chi connectivity index (χ2v) is 3.99. The Bertz CT molecular complexity index is 286. The molecule has 0 N–H and O–H groups in total. The summed E-state index contributed by atoms with van der Waals surface area (Å²) in [6, 6.07) is 7.64. The van der Waals surface area contributed by atoms with Gasteiger partial charge in [-0.15, -0.1) is 11.8 Å². The molecule has 1 aromatic carbocycles. The summed E-state index contributed by atoms with van der Waals surface area (Å²) in [5.41, 5.74) is 0.773. The number of aldehydes is 1. The number of carbonyl (C=O) groups is 1. The Hall–Kier alpha value is -0.800. The lowest BCUT2D eigenvalue weighted by Gasteiger charge is -2.03. The lowest BCUT2D eigenvalue weighted by Crippen LogP contribution is -1.91. The average molecular weight is 210 g/mol. The van der Waals surface area contributed by atoms with Crippen LogP contribution in [0.25, 0.3) is 0 Å². The number of thioether (sulfide) groups is 1. The molecule has 1 rings (SSSR count). The van der Waals surface area contributed by atoms with E-state index in [9.17, 15) is 4.79 Å². The molecule has 0 heterocycles. The first-order chi connectivity index (χ1) is 6.88. The molecule has 0 saturated heterocycles. The van der Waals surface area contributed by atoms with Gasteiger partial charge in [-0.2, -0.15) is 0 Å². The van der Waals surface area contributed by atoms with Crippen LogP contribution < -0.4 is 0 Å². The van der Waals surface area contributed by atoms with E-state index in [0.717, 1.165) is 35.5 Å². The number of hydrogen-bond acceptors (Lipinski definition) is 3. The van der Waals surface area contributed by atoms with Gasteiger partial charge in [0.25, 0.3) is 0 Å². The molecule has 3 heteroatoms. The Kier molecular flexibility index (Phi) is 5.33. The summed E-state index contributed by atoms with van der Waals surface area (Å²) >= 11 is 1.70. The summed E-state index contributed by atoms with van der Waals surface area (Å²) in [5.74, 6) is 0.985. The van der Waals surface area contributed by atoms with Crippen molar-refractivity contribution in [3.05, 3.63) is 29.8 Å². The quantitative estimate of drug-likeness (QED) is 0.410. The molecule has 0 fully saturated rings. The van der Waals surface area contributed by atoms with Gasteiger partial charge in [-0.1, -0.05) is 18.2 Å². The van der Waals surface area contributed by atoms with E-state index < -0.39 is 0 Å². The molecule has 0 saturated carbocycles. The number of benzene rings is 1. The summed E-state index contributed by atoms with van der Waals surface area (Å²) < 4.78 is 4.95. The van der Waals surface area contributed by atoms with Crippen molar-refractivity contribution in [3.8, 4) is 0 Å². The molecule has 0 atom stereocenters. The molecule has 0 radical (unpaired) electrons. The fourth-order valence-electron chi connectivity index (χ4n) is 1.09. The highest BCUT2D eigenvalue weighted by Crippen LogP contribution is 2.21. The molecule has 1 aromatic rings. The molecule has 0 aliphatic rings. The largest absolute Gasteiger partial charge is 0.385 e. The maximum atomic E-state index is 10.7. The Morgan fingerprint density at radius 2 is 2.21 bits per heavy atom. The second-order valence-electron chi connectivity index (χ2n) is 2.85. The predicted molar refractivity (Wildman–Crippen MR) is 59.0 cm³/mol. The van der Waals surface area contributed by atoms with Gasteiger partial charge in [0, 0.05) is 29.9 Å². The number of rotatable bonds is 6. The number of hydrogen-bond donors (Lipinski definition) is 0. The van der Waals surface area contributed by atoms with Gasteiger partial charge in [0.05, 0.1) is 0 Å². The van der Waals surface area contributed by atoms with Crippen molar-refractivity contribution in [1.82, 2.24) is 0 Å². The highest BCUT2D eigenvalue weighted by molar-refractivity contribution is 7.99. The lowest BCUT2D eigenvalue weighted by atomic mass is 10.2. The van der Waals surface area contributed by atoms with Crippen molar-refractivity contribution < 1.29 is 9.53 Å². The van der Waals surface area contributed by atoms with E-state index in [4.69, 9.17) is 4.74 Å². The van der Waals surface area contributed by atoms with Gasteiger partial charge < -0.3 is 4.74 Å². The molecule has 76 valence electrons. The fraction of sp³-hybridized carbons (Fsp3) is 0.364. The third-order valence-electron chi connectivity index (χ3n) is 1.80. The molecule has 0 amide bonds. The first-order valence-electron chi connectivity index (χ1n) is 4.54. The van der Waals surface area contributed by atoms with Crippen molar-refractivity contribution in [2.24, 2.45) is 0 Å². The van der Waals surface area contributed by atoms with E-state index in [0.29, 0.717) is 0 Å². The van der Waals surface area contributed by atoms with Gasteiger partial charge in [-0.25, -0.2) is 0 Å². The fourth-order valence-corrected chi connectivity index (χ4v) is 2.03. The third-order valence-corrected chi connectivity index (χ3v) is 2.97. The number of ether oxygens (including phenoxy) is 1.